The molecule has 3 aromatic carbocycles. The lowest BCUT2D eigenvalue weighted by atomic mass is 10.1. The van der Waals surface area contributed by atoms with E-state index >= 15 is 0 Å². The summed E-state index contributed by atoms with van der Waals surface area (Å²) in [7, 11) is -1.73. The molecule has 0 spiro atoms. The van der Waals surface area contributed by atoms with Gasteiger partial charge in [0.2, 0.25) is 0 Å². The Morgan fingerprint density at radius 2 is 0.820 bits per heavy atom. The zero-order valence-electron chi connectivity index (χ0n) is 32.1. The molecule has 3 rings (SSSR count). The second-order valence-electron chi connectivity index (χ2n) is 14.2. The molecule has 0 atom stereocenters. The molecule has 0 bridgehead atoms. The number of benzene rings is 3. The Balaban J connectivity index is 1.39. The van der Waals surface area contributed by atoms with E-state index in [0.29, 0.717) is 0 Å². The van der Waals surface area contributed by atoms with Crippen LogP contribution in [0.15, 0.2) is 103 Å². The number of allylic oxidation sites excluding steroid dienone is 2. The van der Waals surface area contributed by atoms with E-state index in [1.54, 1.807) is 0 Å². The summed E-state index contributed by atoms with van der Waals surface area (Å²) < 4.78 is 12.6. The predicted octanol–water partition coefficient (Wildman–Crippen LogP) is 13.1. The van der Waals surface area contributed by atoms with Gasteiger partial charge >= 0.3 is 0 Å². The van der Waals surface area contributed by atoms with Crippen LogP contribution in [-0.4, -0.2) is 25.7 Å². The first-order valence-electron chi connectivity index (χ1n) is 20.7. The maximum atomic E-state index is 6.29. The molecule has 0 saturated carbocycles. The second kappa shape index (κ2) is 28.3. The van der Waals surface area contributed by atoms with Gasteiger partial charge in [-0.15, -0.1) is 0 Å². The standard InChI is InChI=1S/C47H72O2P/c1-3-5-7-9-14-18-31-41-48-47(49-42-32-19-15-10-8-6-4-2)40-30-17-13-11-12-16-20-33-43-50(44-34-24-21-25-35-44,45-36-26-22-27-37-45)46-38-28-23-29-39-46/h12,16,21-29,34-39,47H,3-11,13-15,17-20,30-33,40-43H2,1-2H3/q+1/b16-12+. The second-order valence-corrected chi connectivity index (χ2v) is 17.8. The van der Waals surface area contributed by atoms with Crippen molar-refractivity contribution >= 4 is 23.2 Å². The minimum absolute atomic E-state index is 0.0202. The molecule has 0 aliphatic carbocycles. The Kier molecular flexibility index (Phi) is 23.9. The van der Waals surface area contributed by atoms with Crippen LogP contribution in [-0.2, 0) is 9.47 Å². The molecular weight excluding hydrogens is 627 g/mol. The van der Waals surface area contributed by atoms with E-state index in [2.05, 4.69) is 117 Å². The van der Waals surface area contributed by atoms with Gasteiger partial charge in [0.15, 0.2) is 6.29 Å². The van der Waals surface area contributed by atoms with E-state index in [-0.39, 0.29) is 6.29 Å². The first-order valence-corrected chi connectivity index (χ1v) is 22.7. The molecule has 0 amide bonds. The third-order valence-electron chi connectivity index (χ3n) is 10.0. The Morgan fingerprint density at radius 1 is 0.440 bits per heavy atom. The van der Waals surface area contributed by atoms with Crippen molar-refractivity contribution < 1.29 is 9.47 Å². The molecule has 0 radical (unpaired) electrons. The quantitative estimate of drug-likeness (QED) is 0.0288. The SMILES string of the molecule is CCCCCCCCCOC(CCCCC/C=C/CCC[P+](c1ccccc1)(c1ccccc1)c1ccccc1)OCCCCCCCCC. The lowest BCUT2D eigenvalue weighted by Gasteiger charge is -2.27. The Labute approximate surface area is 309 Å². The third-order valence-corrected chi connectivity index (χ3v) is 14.6. The molecule has 0 N–H and O–H groups in total. The molecule has 276 valence electrons. The molecule has 0 aromatic heterocycles. The van der Waals surface area contributed by atoms with Crippen LogP contribution in [0.2, 0.25) is 0 Å². The largest absolute Gasteiger partial charge is 0.353 e. The summed E-state index contributed by atoms with van der Waals surface area (Å²) in [6.07, 6.45) is 32.7. The van der Waals surface area contributed by atoms with Crippen LogP contribution in [0.5, 0.6) is 0 Å². The molecule has 0 aliphatic rings. The van der Waals surface area contributed by atoms with Gasteiger partial charge in [-0.2, -0.15) is 0 Å². The van der Waals surface area contributed by atoms with Crippen LogP contribution < -0.4 is 15.9 Å². The summed E-state index contributed by atoms with van der Waals surface area (Å²) in [5, 5.41) is 4.45. The van der Waals surface area contributed by atoms with E-state index in [9.17, 15) is 0 Å². The van der Waals surface area contributed by atoms with Crippen molar-refractivity contribution in [3.05, 3.63) is 103 Å². The molecule has 0 unspecified atom stereocenters. The van der Waals surface area contributed by atoms with Crippen LogP contribution in [0, 0.1) is 0 Å². The summed E-state index contributed by atoms with van der Waals surface area (Å²) in [5.41, 5.74) is 0. The van der Waals surface area contributed by atoms with Crippen molar-refractivity contribution in [2.75, 3.05) is 19.4 Å². The molecule has 0 fully saturated rings. The van der Waals surface area contributed by atoms with Crippen LogP contribution in [0.3, 0.4) is 0 Å². The Hall–Kier alpha value is -2.25. The van der Waals surface area contributed by atoms with Gasteiger partial charge in [0.05, 0.1) is 6.16 Å². The lowest BCUT2D eigenvalue weighted by Crippen LogP contribution is -2.33. The van der Waals surface area contributed by atoms with Crippen LogP contribution in [0.4, 0.5) is 0 Å². The lowest BCUT2D eigenvalue weighted by molar-refractivity contribution is -0.148. The molecule has 0 heterocycles. The monoisotopic (exact) mass is 700 g/mol. The van der Waals surface area contributed by atoms with Crippen LogP contribution in [0.25, 0.3) is 0 Å². The van der Waals surface area contributed by atoms with E-state index in [0.717, 1.165) is 26.1 Å². The number of hydrogen-bond donors (Lipinski definition) is 0. The van der Waals surface area contributed by atoms with Gasteiger partial charge in [-0.1, -0.05) is 164 Å². The number of hydrogen-bond acceptors (Lipinski definition) is 2. The van der Waals surface area contributed by atoms with Crippen molar-refractivity contribution in [1.29, 1.82) is 0 Å². The number of rotatable bonds is 31. The van der Waals surface area contributed by atoms with Gasteiger partial charge in [0, 0.05) is 13.2 Å². The molecular formula is C47H72O2P+. The van der Waals surface area contributed by atoms with Gasteiger partial charge in [-0.25, -0.2) is 0 Å². The highest BCUT2D eigenvalue weighted by Gasteiger charge is 2.44. The third kappa shape index (κ3) is 16.8. The van der Waals surface area contributed by atoms with Gasteiger partial charge in [-0.05, 0) is 87.8 Å². The van der Waals surface area contributed by atoms with Crippen molar-refractivity contribution in [3.8, 4) is 0 Å². The first kappa shape index (κ1) is 42.2. The fourth-order valence-electron chi connectivity index (χ4n) is 7.08. The summed E-state index contributed by atoms with van der Waals surface area (Å²) in [4.78, 5) is 0. The smallest absolute Gasteiger partial charge is 0.157 e. The van der Waals surface area contributed by atoms with E-state index < -0.39 is 7.26 Å². The minimum Gasteiger partial charge on any atom is -0.353 e. The molecule has 3 aromatic rings. The Bertz CT molecular complexity index is 1080. The highest BCUT2D eigenvalue weighted by Crippen LogP contribution is 2.55. The molecule has 3 heteroatoms. The fourth-order valence-corrected chi connectivity index (χ4v) is 11.4. The topological polar surface area (TPSA) is 18.5 Å². The van der Waals surface area contributed by atoms with Gasteiger partial charge < -0.3 is 9.47 Å². The normalized spacial score (nSPS) is 12.0. The average molecular weight is 700 g/mol. The first-order chi connectivity index (χ1) is 24.8. The van der Waals surface area contributed by atoms with E-state index in [1.165, 1.54) is 144 Å². The van der Waals surface area contributed by atoms with Crippen LogP contribution in [0.1, 0.15) is 149 Å². The molecule has 50 heavy (non-hydrogen) atoms. The summed E-state index contributed by atoms with van der Waals surface area (Å²) in [5.74, 6) is 0. The van der Waals surface area contributed by atoms with Gasteiger partial charge in [-0.3, -0.25) is 0 Å². The van der Waals surface area contributed by atoms with Crippen LogP contribution >= 0.6 is 7.26 Å². The Morgan fingerprint density at radius 3 is 1.26 bits per heavy atom. The number of ether oxygens (including phenoxy) is 2. The highest BCUT2D eigenvalue weighted by molar-refractivity contribution is 7.95. The summed E-state index contributed by atoms with van der Waals surface area (Å²) in [6, 6.07) is 33.8. The zero-order valence-corrected chi connectivity index (χ0v) is 33.0. The summed E-state index contributed by atoms with van der Waals surface area (Å²) in [6.45, 7) is 6.27. The molecule has 0 saturated heterocycles. The maximum absolute atomic E-state index is 6.29. The highest BCUT2D eigenvalue weighted by atomic mass is 31.2. The average Bonchev–Trinajstić information content (AvgIpc) is 3.17. The van der Waals surface area contributed by atoms with E-state index in [4.69, 9.17) is 9.47 Å². The van der Waals surface area contributed by atoms with Crippen molar-refractivity contribution in [3.63, 3.8) is 0 Å². The van der Waals surface area contributed by atoms with Crippen molar-refractivity contribution in [2.45, 2.75) is 155 Å². The van der Waals surface area contributed by atoms with E-state index in [1.807, 2.05) is 0 Å². The van der Waals surface area contributed by atoms with Gasteiger partial charge in [0.1, 0.15) is 23.2 Å². The summed E-state index contributed by atoms with van der Waals surface area (Å²) >= 11 is 0. The van der Waals surface area contributed by atoms with Crippen molar-refractivity contribution in [2.24, 2.45) is 0 Å². The molecule has 0 aliphatic heterocycles. The molecule has 2 nitrogen and oxygen atoms in total. The fraction of sp³-hybridized carbons (Fsp3) is 0.574. The minimum atomic E-state index is -1.73. The maximum Gasteiger partial charge on any atom is 0.157 e. The number of unbranched alkanes of at least 4 members (excludes halogenated alkanes) is 16. The zero-order chi connectivity index (χ0) is 35.2. The predicted molar refractivity (Wildman–Crippen MR) is 223 cm³/mol. The van der Waals surface area contributed by atoms with Gasteiger partial charge in [0.25, 0.3) is 0 Å². The van der Waals surface area contributed by atoms with Crippen molar-refractivity contribution in [1.82, 2.24) is 0 Å².